The predicted octanol–water partition coefficient (Wildman–Crippen LogP) is -1.23. The molecule has 0 saturated heterocycles. The number of aromatic nitrogens is 3. The van der Waals surface area contributed by atoms with Crippen LogP contribution in [0.15, 0.2) is 0 Å². The van der Waals surface area contributed by atoms with E-state index in [0.29, 0.717) is 5.82 Å². The molecule has 0 unspecified atom stereocenters. The molecule has 62 valence electrons. The molecule has 6 N–H and O–H groups in total. The topological polar surface area (TPSA) is 114 Å². The molecule has 0 aliphatic carbocycles. The van der Waals surface area contributed by atoms with Gasteiger partial charge < -0.3 is 16.6 Å². The van der Waals surface area contributed by atoms with E-state index in [0.717, 1.165) is 0 Å². The van der Waals surface area contributed by atoms with E-state index in [4.69, 9.17) is 16.6 Å². The minimum absolute atomic E-state index is 0.135. The number of aliphatic hydroxyl groups is 1. The van der Waals surface area contributed by atoms with Gasteiger partial charge in [-0.15, -0.1) is 5.10 Å². The fourth-order valence-electron chi connectivity index (χ4n) is 0.666. The van der Waals surface area contributed by atoms with Crippen molar-refractivity contribution < 1.29 is 5.11 Å². The standard InChI is InChI=1S/C5H11N5O/c1-2(11)3(6)4-8-5(7)10-9-4/h2-3,11H,6H2,1H3,(H3,7,8,9,10)/t2-,3+/m1/s1. The molecule has 6 nitrogen and oxygen atoms in total. The van der Waals surface area contributed by atoms with Gasteiger partial charge in [0.2, 0.25) is 5.95 Å². The molecule has 0 spiro atoms. The Morgan fingerprint density at radius 2 is 2.27 bits per heavy atom. The highest BCUT2D eigenvalue weighted by molar-refractivity contribution is 5.14. The zero-order valence-electron chi connectivity index (χ0n) is 6.15. The first kappa shape index (κ1) is 7.96. The van der Waals surface area contributed by atoms with Gasteiger partial charge in [0.05, 0.1) is 12.1 Å². The second-order valence-corrected chi connectivity index (χ2v) is 2.35. The van der Waals surface area contributed by atoms with Crippen LogP contribution in [0, 0.1) is 0 Å². The van der Waals surface area contributed by atoms with E-state index in [1.807, 2.05) is 0 Å². The van der Waals surface area contributed by atoms with Crippen molar-refractivity contribution in [3.63, 3.8) is 0 Å². The number of nitrogen functional groups attached to an aromatic ring is 1. The largest absolute Gasteiger partial charge is 0.391 e. The first-order valence-electron chi connectivity index (χ1n) is 3.22. The molecule has 0 bridgehead atoms. The van der Waals surface area contributed by atoms with Crippen molar-refractivity contribution in [2.45, 2.75) is 19.1 Å². The van der Waals surface area contributed by atoms with Crippen LogP contribution >= 0.6 is 0 Å². The minimum Gasteiger partial charge on any atom is -0.391 e. The molecule has 1 aromatic rings. The van der Waals surface area contributed by atoms with E-state index in [2.05, 4.69) is 15.2 Å². The number of aliphatic hydroxyl groups excluding tert-OH is 1. The summed E-state index contributed by atoms with van der Waals surface area (Å²) in [6.45, 7) is 1.57. The lowest BCUT2D eigenvalue weighted by molar-refractivity contribution is 0.161. The Morgan fingerprint density at radius 1 is 1.64 bits per heavy atom. The van der Waals surface area contributed by atoms with Crippen molar-refractivity contribution in [3.05, 3.63) is 5.82 Å². The molecule has 0 radical (unpaired) electrons. The maximum Gasteiger partial charge on any atom is 0.239 e. The first-order chi connectivity index (χ1) is 5.11. The number of rotatable bonds is 2. The maximum atomic E-state index is 9.03. The quantitative estimate of drug-likeness (QED) is 0.429. The van der Waals surface area contributed by atoms with E-state index >= 15 is 0 Å². The molecule has 0 aliphatic heterocycles. The third-order valence-electron chi connectivity index (χ3n) is 1.36. The molecule has 0 aliphatic rings. The summed E-state index contributed by atoms with van der Waals surface area (Å²) in [6.07, 6.45) is -0.664. The summed E-state index contributed by atoms with van der Waals surface area (Å²) >= 11 is 0. The lowest BCUT2D eigenvalue weighted by atomic mass is 10.2. The summed E-state index contributed by atoms with van der Waals surface area (Å²) in [5, 5.41) is 15.1. The van der Waals surface area contributed by atoms with Crippen LogP contribution in [0.25, 0.3) is 0 Å². The smallest absolute Gasteiger partial charge is 0.239 e. The van der Waals surface area contributed by atoms with Crippen molar-refractivity contribution in [2.24, 2.45) is 5.73 Å². The number of nitrogens with one attached hydrogen (secondary N) is 1. The van der Waals surface area contributed by atoms with Crippen LogP contribution in [-0.4, -0.2) is 26.4 Å². The Bertz CT molecular complexity index is 233. The van der Waals surface area contributed by atoms with Crippen LogP contribution in [-0.2, 0) is 0 Å². The van der Waals surface area contributed by atoms with Gasteiger partial charge in [-0.2, -0.15) is 4.98 Å². The van der Waals surface area contributed by atoms with Gasteiger partial charge in [0.15, 0.2) is 0 Å². The minimum atomic E-state index is -0.664. The average Bonchev–Trinajstić information content (AvgIpc) is 2.34. The molecule has 0 fully saturated rings. The monoisotopic (exact) mass is 157 g/mol. The highest BCUT2D eigenvalue weighted by Crippen LogP contribution is 2.08. The molecular formula is C5H11N5O. The van der Waals surface area contributed by atoms with Crippen LogP contribution in [0.3, 0.4) is 0 Å². The van der Waals surface area contributed by atoms with Crippen LogP contribution < -0.4 is 11.5 Å². The Kier molecular flexibility index (Phi) is 2.06. The number of hydrogen-bond donors (Lipinski definition) is 4. The molecule has 0 saturated carbocycles. The van der Waals surface area contributed by atoms with Gasteiger partial charge in [0, 0.05) is 0 Å². The molecule has 0 aromatic carbocycles. The summed E-state index contributed by atoms with van der Waals surface area (Å²) in [4.78, 5) is 3.76. The normalized spacial score (nSPS) is 16.3. The van der Waals surface area contributed by atoms with Crippen molar-refractivity contribution in [2.75, 3.05) is 5.73 Å². The maximum absolute atomic E-state index is 9.03. The van der Waals surface area contributed by atoms with Crippen LogP contribution in [0.1, 0.15) is 18.8 Å². The second-order valence-electron chi connectivity index (χ2n) is 2.35. The third kappa shape index (κ3) is 1.66. The molecular weight excluding hydrogens is 146 g/mol. The lowest BCUT2D eigenvalue weighted by Gasteiger charge is -2.09. The molecule has 0 amide bonds. The van der Waals surface area contributed by atoms with Crippen LogP contribution in [0.4, 0.5) is 5.95 Å². The van der Waals surface area contributed by atoms with E-state index in [9.17, 15) is 0 Å². The Hall–Kier alpha value is -1.14. The van der Waals surface area contributed by atoms with Crippen LogP contribution in [0.5, 0.6) is 0 Å². The van der Waals surface area contributed by atoms with Crippen LogP contribution in [0.2, 0.25) is 0 Å². The first-order valence-corrected chi connectivity index (χ1v) is 3.22. The van der Waals surface area contributed by atoms with E-state index in [-0.39, 0.29) is 5.95 Å². The zero-order valence-corrected chi connectivity index (χ0v) is 6.15. The number of anilines is 1. The van der Waals surface area contributed by atoms with Crippen molar-refractivity contribution >= 4 is 5.95 Å². The summed E-state index contributed by atoms with van der Waals surface area (Å²) in [7, 11) is 0. The SMILES string of the molecule is C[C@@H](O)[C@H](N)c1nc(N)n[nH]1. The number of aromatic amines is 1. The molecule has 2 atom stereocenters. The number of hydrogen-bond acceptors (Lipinski definition) is 5. The Morgan fingerprint density at radius 3 is 2.64 bits per heavy atom. The van der Waals surface area contributed by atoms with Gasteiger partial charge >= 0.3 is 0 Å². The van der Waals surface area contributed by atoms with Crippen molar-refractivity contribution in [1.29, 1.82) is 0 Å². The zero-order chi connectivity index (χ0) is 8.43. The summed E-state index contributed by atoms with van der Waals surface area (Å²) < 4.78 is 0. The number of H-pyrrole nitrogens is 1. The Labute approximate surface area is 63.6 Å². The van der Waals surface area contributed by atoms with Gasteiger partial charge in [-0.25, -0.2) is 0 Å². The van der Waals surface area contributed by atoms with E-state index in [1.165, 1.54) is 0 Å². The van der Waals surface area contributed by atoms with Gasteiger partial charge in [0.1, 0.15) is 5.82 Å². The Balaban J connectivity index is 2.76. The van der Waals surface area contributed by atoms with Gasteiger partial charge in [-0.05, 0) is 6.92 Å². The highest BCUT2D eigenvalue weighted by atomic mass is 16.3. The van der Waals surface area contributed by atoms with Crippen molar-refractivity contribution in [3.8, 4) is 0 Å². The molecule has 1 rings (SSSR count). The third-order valence-corrected chi connectivity index (χ3v) is 1.36. The number of nitrogens with zero attached hydrogens (tertiary/aromatic N) is 2. The van der Waals surface area contributed by atoms with Crippen molar-refractivity contribution in [1.82, 2.24) is 15.2 Å². The molecule has 6 heteroatoms. The molecule has 11 heavy (non-hydrogen) atoms. The summed E-state index contributed by atoms with van der Waals surface area (Å²) in [5.41, 5.74) is 10.7. The fourth-order valence-corrected chi connectivity index (χ4v) is 0.666. The summed E-state index contributed by atoms with van der Waals surface area (Å²) in [6, 6.07) is -0.556. The van der Waals surface area contributed by atoms with Gasteiger partial charge in [-0.1, -0.05) is 0 Å². The van der Waals surface area contributed by atoms with E-state index in [1.54, 1.807) is 6.92 Å². The predicted molar refractivity (Wildman–Crippen MR) is 39.4 cm³/mol. The molecule has 1 heterocycles. The average molecular weight is 157 g/mol. The van der Waals surface area contributed by atoms with E-state index < -0.39 is 12.1 Å². The second kappa shape index (κ2) is 2.85. The summed E-state index contributed by atoms with van der Waals surface area (Å²) in [5.74, 6) is 0.536. The highest BCUT2D eigenvalue weighted by Gasteiger charge is 2.15. The fraction of sp³-hybridized carbons (Fsp3) is 0.600. The lowest BCUT2D eigenvalue weighted by Crippen LogP contribution is -2.24. The number of nitrogens with two attached hydrogens (primary N) is 2. The molecule has 1 aromatic heterocycles. The van der Waals surface area contributed by atoms with Gasteiger partial charge in [0.25, 0.3) is 0 Å². The van der Waals surface area contributed by atoms with Gasteiger partial charge in [-0.3, -0.25) is 5.10 Å².